The second kappa shape index (κ2) is 10.8. The van der Waals surface area contributed by atoms with Crippen LogP contribution in [0, 0.1) is 5.41 Å². The predicted octanol–water partition coefficient (Wildman–Crippen LogP) is 5.60. The van der Waals surface area contributed by atoms with Crippen LogP contribution in [-0.4, -0.2) is 13.1 Å². The second-order valence-electron chi connectivity index (χ2n) is 6.47. The van der Waals surface area contributed by atoms with Crippen molar-refractivity contribution < 1.29 is 0 Å². The van der Waals surface area contributed by atoms with Gasteiger partial charge in [-0.25, -0.2) is 0 Å². The van der Waals surface area contributed by atoms with Crippen molar-refractivity contribution in [3.05, 3.63) is 35.9 Å². The van der Waals surface area contributed by atoms with E-state index in [9.17, 15) is 0 Å². The van der Waals surface area contributed by atoms with E-state index < -0.39 is 0 Å². The fraction of sp³-hybridized carbons (Fsp3) is 0.700. The number of hydrogen-bond donors (Lipinski definition) is 1. The standard InChI is InChI=1S/C20H35N/c1-4-7-15-20(6-3,18-21-17-5-2)16-11-14-19-12-9-8-10-13-19/h8-10,12-13,21H,4-7,11,14-18H2,1-3H3. The first-order valence-corrected chi connectivity index (χ1v) is 9.01. The highest BCUT2D eigenvalue weighted by Gasteiger charge is 2.26. The lowest BCUT2D eigenvalue weighted by Gasteiger charge is -2.33. The van der Waals surface area contributed by atoms with Crippen molar-refractivity contribution in [3.8, 4) is 0 Å². The smallest absolute Gasteiger partial charge is 0.000770 e. The molecule has 0 heterocycles. The zero-order valence-electron chi connectivity index (χ0n) is 14.5. The summed E-state index contributed by atoms with van der Waals surface area (Å²) in [6.45, 7) is 9.30. The van der Waals surface area contributed by atoms with Gasteiger partial charge in [0.2, 0.25) is 0 Å². The number of benzene rings is 1. The van der Waals surface area contributed by atoms with Crippen LogP contribution in [0.5, 0.6) is 0 Å². The molecular formula is C20H35N. The molecule has 0 saturated carbocycles. The van der Waals surface area contributed by atoms with Gasteiger partial charge in [0.05, 0.1) is 0 Å². The molecule has 1 nitrogen and oxygen atoms in total. The predicted molar refractivity (Wildman–Crippen MR) is 94.8 cm³/mol. The SMILES string of the molecule is CCCCC(CC)(CCCc1ccccc1)CNCCC. The Morgan fingerprint density at radius 2 is 1.62 bits per heavy atom. The monoisotopic (exact) mass is 289 g/mol. The van der Waals surface area contributed by atoms with Crippen molar-refractivity contribution in [1.29, 1.82) is 0 Å². The van der Waals surface area contributed by atoms with Crippen molar-refractivity contribution in [1.82, 2.24) is 5.32 Å². The molecule has 0 aliphatic heterocycles. The van der Waals surface area contributed by atoms with Crippen LogP contribution in [0.15, 0.2) is 30.3 Å². The molecule has 0 aromatic heterocycles. The molecule has 1 heteroatoms. The summed E-state index contributed by atoms with van der Waals surface area (Å²) in [6.07, 6.45) is 10.5. The lowest BCUT2D eigenvalue weighted by atomic mass is 9.75. The molecule has 0 amide bonds. The van der Waals surface area contributed by atoms with E-state index in [1.807, 2.05) is 0 Å². The topological polar surface area (TPSA) is 12.0 Å². The summed E-state index contributed by atoms with van der Waals surface area (Å²) in [6, 6.07) is 10.9. The first-order chi connectivity index (χ1) is 10.3. The van der Waals surface area contributed by atoms with E-state index >= 15 is 0 Å². The molecule has 0 aliphatic carbocycles. The van der Waals surface area contributed by atoms with Crippen LogP contribution in [0.1, 0.15) is 71.3 Å². The molecule has 1 unspecified atom stereocenters. The Morgan fingerprint density at radius 1 is 0.905 bits per heavy atom. The van der Waals surface area contributed by atoms with E-state index in [0.29, 0.717) is 5.41 Å². The van der Waals surface area contributed by atoms with E-state index in [1.54, 1.807) is 0 Å². The second-order valence-corrected chi connectivity index (χ2v) is 6.47. The molecule has 0 fully saturated rings. The van der Waals surface area contributed by atoms with Gasteiger partial charge in [0, 0.05) is 6.54 Å². The molecule has 0 aliphatic rings. The van der Waals surface area contributed by atoms with Crippen molar-refractivity contribution in [2.24, 2.45) is 5.41 Å². The number of nitrogens with one attached hydrogen (secondary N) is 1. The van der Waals surface area contributed by atoms with Crippen LogP contribution in [0.2, 0.25) is 0 Å². The van der Waals surface area contributed by atoms with Gasteiger partial charge in [-0.05, 0) is 56.0 Å². The lowest BCUT2D eigenvalue weighted by molar-refractivity contribution is 0.207. The Bertz CT molecular complexity index is 346. The molecule has 21 heavy (non-hydrogen) atoms. The van der Waals surface area contributed by atoms with Gasteiger partial charge in [-0.3, -0.25) is 0 Å². The lowest BCUT2D eigenvalue weighted by Crippen LogP contribution is -2.34. The summed E-state index contributed by atoms with van der Waals surface area (Å²) in [7, 11) is 0. The summed E-state index contributed by atoms with van der Waals surface area (Å²) >= 11 is 0. The summed E-state index contributed by atoms with van der Waals surface area (Å²) in [5.41, 5.74) is 2.00. The van der Waals surface area contributed by atoms with E-state index in [2.05, 4.69) is 56.4 Å². The summed E-state index contributed by atoms with van der Waals surface area (Å²) in [5, 5.41) is 3.68. The van der Waals surface area contributed by atoms with Gasteiger partial charge in [0.1, 0.15) is 0 Å². The Kier molecular flexibility index (Phi) is 9.41. The number of hydrogen-bond acceptors (Lipinski definition) is 1. The van der Waals surface area contributed by atoms with Crippen molar-refractivity contribution >= 4 is 0 Å². The first-order valence-electron chi connectivity index (χ1n) is 9.01. The van der Waals surface area contributed by atoms with Crippen molar-refractivity contribution in [3.63, 3.8) is 0 Å². The van der Waals surface area contributed by atoms with E-state index in [4.69, 9.17) is 0 Å². The third kappa shape index (κ3) is 7.13. The third-order valence-corrected chi connectivity index (χ3v) is 4.75. The third-order valence-electron chi connectivity index (χ3n) is 4.75. The molecule has 1 atom stereocenters. The Labute approximate surface area is 132 Å². The van der Waals surface area contributed by atoms with Crippen LogP contribution < -0.4 is 5.32 Å². The first kappa shape index (κ1) is 18.2. The molecule has 0 radical (unpaired) electrons. The van der Waals surface area contributed by atoms with Crippen LogP contribution in [0.3, 0.4) is 0 Å². The molecular weight excluding hydrogens is 254 g/mol. The zero-order valence-corrected chi connectivity index (χ0v) is 14.5. The average Bonchev–Trinajstić information content (AvgIpc) is 2.53. The summed E-state index contributed by atoms with van der Waals surface area (Å²) in [4.78, 5) is 0. The van der Waals surface area contributed by atoms with Gasteiger partial charge >= 0.3 is 0 Å². The van der Waals surface area contributed by atoms with Crippen molar-refractivity contribution in [2.45, 2.75) is 72.1 Å². The van der Waals surface area contributed by atoms with Crippen LogP contribution in [0.25, 0.3) is 0 Å². The van der Waals surface area contributed by atoms with E-state index in [-0.39, 0.29) is 0 Å². The van der Waals surface area contributed by atoms with Gasteiger partial charge in [-0.15, -0.1) is 0 Å². The normalized spacial score (nSPS) is 14.0. The van der Waals surface area contributed by atoms with E-state index in [1.165, 1.54) is 63.5 Å². The largest absolute Gasteiger partial charge is 0.316 e. The molecule has 1 aromatic carbocycles. The minimum Gasteiger partial charge on any atom is -0.316 e. The minimum atomic E-state index is 0.514. The maximum absolute atomic E-state index is 3.68. The van der Waals surface area contributed by atoms with Crippen LogP contribution in [-0.2, 0) is 6.42 Å². The molecule has 0 saturated heterocycles. The number of rotatable bonds is 12. The van der Waals surface area contributed by atoms with Gasteiger partial charge < -0.3 is 5.32 Å². The van der Waals surface area contributed by atoms with Gasteiger partial charge in [0.15, 0.2) is 0 Å². The number of aryl methyl sites for hydroxylation is 1. The Morgan fingerprint density at radius 3 is 2.24 bits per heavy atom. The maximum atomic E-state index is 3.68. The van der Waals surface area contributed by atoms with Crippen LogP contribution >= 0.6 is 0 Å². The fourth-order valence-electron chi connectivity index (χ4n) is 3.17. The van der Waals surface area contributed by atoms with Gasteiger partial charge in [-0.2, -0.15) is 0 Å². The van der Waals surface area contributed by atoms with Gasteiger partial charge in [-0.1, -0.05) is 63.9 Å². The maximum Gasteiger partial charge on any atom is 0.000770 e. The minimum absolute atomic E-state index is 0.514. The Hall–Kier alpha value is -0.820. The van der Waals surface area contributed by atoms with Gasteiger partial charge in [0.25, 0.3) is 0 Å². The molecule has 1 N–H and O–H groups in total. The van der Waals surface area contributed by atoms with Crippen LogP contribution in [0.4, 0.5) is 0 Å². The highest BCUT2D eigenvalue weighted by Crippen LogP contribution is 2.34. The number of unbranched alkanes of at least 4 members (excludes halogenated alkanes) is 1. The summed E-state index contributed by atoms with van der Waals surface area (Å²) < 4.78 is 0. The summed E-state index contributed by atoms with van der Waals surface area (Å²) in [5.74, 6) is 0. The fourth-order valence-corrected chi connectivity index (χ4v) is 3.17. The van der Waals surface area contributed by atoms with E-state index in [0.717, 1.165) is 6.54 Å². The van der Waals surface area contributed by atoms with Crippen molar-refractivity contribution in [2.75, 3.05) is 13.1 Å². The molecule has 0 bridgehead atoms. The highest BCUT2D eigenvalue weighted by atomic mass is 14.9. The highest BCUT2D eigenvalue weighted by molar-refractivity contribution is 5.14. The Balaban J connectivity index is 2.49. The zero-order chi connectivity index (χ0) is 15.4. The average molecular weight is 290 g/mol. The molecule has 120 valence electrons. The quantitative estimate of drug-likeness (QED) is 0.494. The molecule has 1 rings (SSSR count). The molecule has 1 aromatic rings. The molecule has 0 spiro atoms.